The van der Waals surface area contributed by atoms with E-state index in [4.69, 9.17) is 4.55 Å². The second kappa shape index (κ2) is 6.52. The number of hydrogen-bond donors (Lipinski definition) is 1. The maximum Gasteiger partial charge on any atom is 0.264 e. The molecule has 0 aromatic carbocycles. The maximum absolute atomic E-state index is 11.1. The van der Waals surface area contributed by atoms with Gasteiger partial charge in [0.25, 0.3) is 10.1 Å². The largest absolute Gasteiger partial charge is 0.286 e. The number of rotatable bonds is 3. The van der Waals surface area contributed by atoms with Crippen molar-refractivity contribution in [1.82, 2.24) is 0 Å². The van der Waals surface area contributed by atoms with Crippen molar-refractivity contribution in [2.24, 2.45) is 0 Å². The Balaban J connectivity index is 0. The molecule has 0 bridgehead atoms. The number of alkyl halides is 1. The molecule has 0 aliphatic carbocycles. The Kier molecular flexibility index (Phi) is 7.80. The summed E-state index contributed by atoms with van der Waals surface area (Å²) in [7, 11) is -2.62. The molecule has 0 spiro atoms. The molecule has 0 unspecified atom stereocenters. The van der Waals surface area contributed by atoms with Crippen molar-refractivity contribution in [3.63, 3.8) is 0 Å². The summed E-state index contributed by atoms with van der Waals surface area (Å²) < 4.78 is 57.5. The summed E-state index contributed by atoms with van der Waals surface area (Å²) in [5.41, 5.74) is 0. The summed E-state index contributed by atoms with van der Waals surface area (Å²) in [5.74, 6) is -0.483. The van der Waals surface area contributed by atoms with E-state index in [-0.39, 0.29) is 6.42 Å². The first-order valence-electron chi connectivity index (χ1n) is 2.97. The molecule has 0 saturated carbocycles. The lowest BCUT2D eigenvalue weighted by molar-refractivity contribution is 0.457. The third-order valence-electron chi connectivity index (χ3n) is 0.536. The van der Waals surface area contributed by atoms with E-state index in [1.54, 1.807) is 0 Å². The average molecular weight is 257 g/mol. The summed E-state index contributed by atoms with van der Waals surface area (Å²) in [4.78, 5) is 0. The molecule has 13 heavy (non-hydrogen) atoms. The summed E-state index contributed by atoms with van der Waals surface area (Å²) in [5, 5.41) is 0. The zero-order chi connectivity index (χ0) is 11.1. The molecule has 82 valence electrons. The second-order valence-electron chi connectivity index (χ2n) is 2.01. The van der Waals surface area contributed by atoms with Gasteiger partial charge in [0.15, 0.2) is 0 Å². The monoisotopic (exact) mass is 256 g/mol. The predicted octanol–water partition coefficient (Wildman–Crippen LogP) is 0.419. The van der Waals surface area contributed by atoms with Crippen molar-refractivity contribution in [3.05, 3.63) is 0 Å². The second-order valence-corrected chi connectivity index (χ2v) is 6.63. The lowest BCUT2D eigenvalue weighted by Gasteiger charge is -1.88. The zero-order valence-electron chi connectivity index (χ0n) is 6.77. The highest BCUT2D eigenvalue weighted by atomic mass is 35.7. The van der Waals surface area contributed by atoms with Crippen molar-refractivity contribution in [3.8, 4) is 0 Å². The Hall–Kier alpha value is 0.0800. The first kappa shape index (κ1) is 15.5. The van der Waals surface area contributed by atoms with Crippen LogP contribution in [-0.2, 0) is 19.2 Å². The first-order valence-corrected chi connectivity index (χ1v) is 7.29. The zero-order valence-corrected chi connectivity index (χ0v) is 9.16. The van der Waals surface area contributed by atoms with Crippen LogP contribution in [-0.4, -0.2) is 40.1 Å². The minimum Gasteiger partial charge on any atom is -0.286 e. The lowest BCUT2D eigenvalue weighted by atomic mass is 10.6. The van der Waals surface area contributed by atoms with Crippen molar-refractivity contribution in [1.29, 1.82) is 0 Å². The molecule has 0 aromatic heterocycles. The van der Waals surface area contributed by atoms with Gasteiger partial charge in [-0.25, -0.2) is 8.42 Å². The third-order valence-corrected chi connectivity index (χ3v) is 1.34. The average Bonchev–Trinajstić information content (AvgIpc) is 1.77. The van der Waals surface area contributed by atoms with Crippen molar-refractivity contribution in [2.75, 3.05) is 18.7 Å². The molecular formula is C4H10ClFO5S2. The third kappa shape index (κ3) is 47.6. The molecule has 5 nitrogen and oxygen atoms in total. The highest BCUT2D eigenvalue weighted by molar-refractivity contribution is 8.13. The van der Waals surface area contributed by atoms with E-state index >= 15 is 0 Å². The maximum atomic E-state index is 11.1. The summed E-state index contributed by atoms with van der Waals surface area (Å²) >= 11 is 0. The van der Waals surface area contributed by atoms with E-state index in [1.165, 1.54) is 0 Å². The highest BCUT2D eigenvalue weighted by Crippen LogP contribution is 1.87. The molecular weight excluding hydrogens is 247 g/mol. The van der Waals surface area contributed by atoms with Gasteiger partial charge in [0.2, 0.25) is 9.05 Å². The topological polar surface area (TPSA) is 88.5 Å². The molecule has 0 fully saturated rings. The molecule has 9 heteroatoms. The SMILES string of the molecule is CS(=O)(=O)Cl.O=S(=O)(O)CCCF. The van der Waals surface area contributed by atoms with Crippen LogP contribution in [0.3, 0.4) is 0 Å². The van der Waals surface area contributed by atoms with E-state index in [0.717, 1.165) is 6.26 Å². The quantitative estimate of drug-likeness (QED) is 0.584. The Morgan fingerprint density at radius 2 is 1.62 bits per heavy atom. The van der Waals surface area contributed by atoms with Gasteiger partial charge in [-0.15, -0.1) is 0 Å². The van der Waals surface area contributed by atoms with Crippen LogP contribution in [0.1, 0.15) is 6.42 Å². The Morgan fingerprint density at radius 1 is 1.31 bits per heavy atom. The predicted molar refractivity (Wildman–Crippen MR) is 47.7 cm³/mol. The van der Waals surface area contributed by atoms with Gasteiger partial charge in [-0.1, -0.05) is 0 Å². The molecule has 0 aromatic rings. The molecule has 0 aliphatic rings. The van der Waals surface area contributed by atoms with Crippen molar-refractivity contribution >= 4 is 29.9 Å². The Bertz CT molecular complexity index is 299. The molecule has 0 radical (unpaired) electrons. The Labute approximate surface area is 81.1 Å². The van der Waals surface area contributed by atoms with E-state index < -0.39 is 31.6 Å². The fraction of sp³-hybridized carbons (Fsp3) is 1.00. The van der Waals surface area contributed by atoms with Crippen LogP contribution in [0.4, 0.5) is 4.39 Å². The molecule has 0 atom stereocenters. The van der Waals surface area contributed by atoms with Crippen LogP contribution in [0, 0.1) is 0 Å². The molecule has 0 aliphatic heterocycles. The Morgan fingerprint density at radius 3 is 1.69 bits per heavy atom. The molecule has 0 amide bonds. The summed E-state index contributed by atoms with van der Waals surface area (Å²) in [6.07, 6.45) is 0.799. The van der Waals surface area contributed by atoms with E-state index in [0.29, 0.717) is 0 Å². The van der Waals surface area contributed by atoms with Crippen molar-refractivity contribution < 1.29 is 25.8 Å². The first-order chi connectivity index (χ1) is 5.56. The lowest BCUT2D eigenvalue weighted by Crippen LogP contribution is -2.03. The van der Waals surface area contributed by atoms with Gasteiger partial charge in [0, 0.05) is 10.7 Å². The van der Waals surface area contributed by atoms with E-state index in [2.05, 4.69) is 10.7 Å². The van der Waals surface area contributed by atoms with Gasteiger partial charge in [-0.2, -0.15) is 8.42 Å². The van der Waals surface area contributed by atoms with Gasteiger partial charge < -0.3 is 0 Å². The van der Waals surface area contributed by atoms with E-state index in [9.17, 15) is 21.2 Å². The van der Waals surface area contributed by atoms with Crippen LogP contribution in [0.2, 0.25) is 0 Å². The van der Waals surface area contributed by atoms with Gasteiger partial charge >= 0.3 is 0 Å². The van der Waals surface area contributed by atoms with Crippen LogP contribution in [0.5, 0.6) is 0 Å². The summed E-state index contributed by atoms with van der Waals surface area (Å²) in [6.45, 7) is -0.709. The molecule has 0 saturated heterocycles. The molecule has 0 heterocycles. The van der Waals surface area contributed by atoms with E-state index in [1.807, 2.05) is 0 Å². The minimum absolute atomic E-state index is 0.126. The van der Waals surface area contributed by atoms with Gasteiger partial charge in [0.1, 0.15) is 0 Å². The van der Waals surface area contributed by atoms with Gasteiger partial charge in [0.05, 0.1) is 18.7 Å². The van der Waals surface area contributed by atoms with Crippen molar-refractivity contribution in [2.45, 2.75) is 6.42 Å². The van der Waals surface area contributed by atoms with Crippen LogP contribution < -0.4 is 0 Å². The van der Waals surface area contributed by atoms with Crippen LogP contribution in [0.15, 0.2) is 0 Å². The fourth-order valence-corrected chi connectivity index (χ4v) is 0.711. The minimum atomic E-state index is -3.93. The molecule has 1 N–H and O–H groups in total. The normalized spacial score (nSPS) is 11.7. The summed E-state index contributed by atoms with van der Waals surface area (Å²) in [6, 6.07) is 0. The highest BCUT2D eigenvalue weighted by Gasteiger charge is 2.01. The van der Waals surface area contributed by atoms with Crippen LogP contribution >= 0.6 is 10.7 Å². The van der Waals surface area contributed by atoms with Gasteiger partial charge in [-0.3, -0.25) is 8.94 Å². The smallest absolute Gasteiger partial charge is 0.264 e. The van der Waals surface area contributed by atoms with Crippen LogP contribution in [0.25, 0.3) is 0 Å². The van der Waals surface area contributed by atoms with Gasteiger partial charge in [-0.05, 0) is 6.42 Å². The standard InChI is InChI=1S/C3H7FO3S.CH3ClO2S/c4-2-1-3-8(5,6)7;1-5(2,3)4/h1-3H2,(H,5,6,7);1H3. The number of hydrogen-bond acceptors (Lipinski definition) is 4. The molecule has 0 rings (SSSR count). The fourth-order valence-electron chi connectivity index (χ4n) is 0.237. The number of halogens is 2.